The van der Waals surface area contributed by atoms with Crippen molar-refractivity contribution >= 4 is 17.7 Å². The molecule has 2 aromatic rings. The third kappa shape index (κ3) is 2.78. The number of hydrogen-bond acceptors (Lipinski definition) is 2. The average Bonchev–Trinajstić information content (AvgIpc) is 2.96. The van der Waals surface area contributed by atoms with E-state index >= 15 is 0 Å². The maximum atomic E-state index is 14.0. The van der Waals surface area contributed by atoms with Crippen LogP contribution in [0.1, 0.15) is 21.3 Å². The zero-order valence-corrected chi connectivity index (χ0v) is 11.9. The van der Waals surface area contributed by atoms with Crippen LogP contribution in [0.4, 0.5) is 8.78 Å². The summed E-state index contributed by atoms with van der Waals surface area (Å²) < 4.78 is 27.0. The predicted octanol–water partition coefficient (Wildman–Crippen LogP) is 3.85. The third-order valence-corrected chi connectivity index (χ3v) is 4.64. The first-order valence-corrected chi connectivity index (χ1v) is 7.64. The van der Waals surface area contributed by atoms with Gasteiger partial charge in [0.1, 0.15) is 17.0 Å². The van der Waals surface area contributed by atoms with Crippen molar-refractivity contribution in [1.29, 1.82) is 0 Å². The number of thioether (sulfide) groups is 1. The summed E-state index contributed by atoms with van der Waals surface area (Å²) in [5.41, 5.74) is 0.927. The van der Waals surface area contributed by atoms with E-state index < -0.39 is 17.0 Å². The van der Waals surface area contributed by atoms with Gasteiger partial charge in [-0.3, -0.25) is 4.79 Å². The van der Waals surface area contributed by atoms with Gasteiger partial charge in [-0.05, 0) is 18.2 Å². The third-order valence-electron chi connectivity index (χ3n) is 3.40. The molecule has 0 aliphatic carbocycles. The normalized spacial score (nSPS) is 18.0. The Balaban J connectivity index is 1.91. The lowest BCUT2D eigenvalue weighted by atomic mass is 10.1. The van der Waals surface area contributed by atoms with Crippen LogP contribution in [0.15, 0.2) is 48.5 Å². The van der Waals surface area contributed by atoms with Crippen LogP contribution in [0.3, 0.4) is 0 Å². The minimum absolute atomic E-state index is 0.130. The molecule has 5 heteroatoms. The zero-order chi connectivity index (χ0) is 14.8. The van der Waals surface area contributed by atoms with Gasteiger partial charge in [0.25, 0.3) is 5.91 Å². The van der Waals surface area contributed by atoms with Gasteiger partial charge in [-0.25, -0.2) is 8.78 Å². The molecular weight excluding hydrogens is 292 g/mol. The number of halogens is 2. The van der Waals surface area contributed by atoms with Gasteiger partial charge in [0.05, 0.1) is 0 Å². The number of benzene rings is 2. The van der Waals surface area contributed by atoms with Crippen LogP contribution in [0.2, 0.25) is 0 Å². The molecule has 0 unspecified atom stereocenters. The van der Waals surface area contributed by atoms with E-state index in [0.717, 1.165) is 11.8 Å². The second-order valence-electron chi connectivity index (χ2n) is 4.75. The van der Waals surface area contributed by atoms with Gasteiger partial charge in [-0.1, -0.05) is 24.3 Å². The molecule has 1 aliphatic heterocycles. The van der Waals surface area contributed by atoms with Crippen molar-refractivity contribution in [1.82, 2.24) is 4.90 Å². The lowest BCUT2D eigenvalue weighted by molar-refractivity contribution is 0.0759. The molecule has 1 saturated heterocycles. The summed E-state index contributed by atoms with van der Waals surface area (Å²) in [6.07, 6.45) is 0. The van der Waals surface area contributed by atoms with Crippen molar-refractivity contribution in [3.63, 3.8) is 0 Å². The number of amides is 1. The number of nitrogens with zero attached hydrogens (tertiary/aromatic N) is 1. The van der Waals surface area contributed by atoms with E-state index in [1.54, 1.807) is 29.2 Å². The molecule has 2 aromatic carbocycles. The molecule has 1 fully saturated rings. The first kappa shape index (κ1) is 14.1. The zero-order valence-electron chi connectivity index (χ0n) is 11.1. The van der Waals surface area contributed by atoms with Crippen LogP contribution >= 0.6 is 11.8 Å². The molecule has 1 aliphatic rings. The molecule has 0 spiro atoms. The Bertz CT molecular complexity index is 663. The summed E-state index contributed by atoms with van der Waals surface area (Å²) >= 11 is 1.49. The average molecular weight is 305 g/mol. The first-order valence-electron chi connectivity index (χ1n) is 6.59. The number of rotatable bonds is 2. The standard InChI is InChI=1S/C16H13F2NOS/c17-12-6-7-13(14(18)10-12)16-19(8-9-21-16)15(20)11-4-2-1-3-5-11/h1-7,10,16H,8-9H2/t16-/m1/s1. The molecule has 0 saturated carbocycles. The van der Waals surface area contributed by atoms with Crippen molar-refractivity contribution in [2.45, 2.75) is 5.37 Å². The maximum Gasteiger partial charge on any atom is 0.255 e. The highest BCUT2D eigenvalue weighted by molar-refractivity contribution is 7.99. The Morgan fingerprint density at radius 2 is 1.90 bits per heavy atom. The minimum atomic E-state index is -0.611. The number of carbonyl (C=O) groups excluding carboxylic acids is 1. The molecule has 1 amide bonds. The number of hydrogen-bond donors (Lipinski definition) is 0. The summed E-state index contributed by atoms with van der Waals surface area (Å²) in [7, 11) is 0. The summed E-state index contributed by atoms with van der Waals surface area (Å²) in [6.45, 7) is 0.555. The molecule has 2 nitrogen and oxygen atoms in total. The lowest BCUT2D eigenvalue weighted by Crippen LogP contribution is -2.30. The van der Waals surface area contributed by atoms with E-state index in [0.29, 0.717) is 17.7 Å². The molecule has 0 bridgehead atoms. The highest BCUT2D eigenvalue weighted by Crippen LogP contribution is 2.39. The van der Waals surface area contributed by atoms with Gasteiger partial charge in [-0.2, -0.15) is 0 Å². The largest absolute Gasteiger partial charge is 0.322 e. The predicted molar refractivity (Wildman–Crippen MR) is 79.0 cm³/mol. The fourth-order valence-electron chi connectivity index (χ4n) is 2.38. The molecule has 21 heavy (non-hydrogen) atoms. The molecular formula is C16H13F2NOS. The Hall–Kier alpha value is -1.88. The summed E-state index contributed by atoms with van der Waals surface area (Å²) in [4.78, 5) is 14.2. The second kappa shape index (κ2) is 5.85. The van der Waals surface area contributed by atoms with Crippen LogP contribution in [-0.4, -0.2) is 23.1 Å². The van der Waals surface area contributed by atoms with Crippen LogP contribution in [0.25, 0.3) is 0 Å². The Morgan fingerprint density at radius 1 is 1.14 bits per heavy atom. The summed E-state index contributed by atoms with van der Waals surface area (Å²) in [5.74, 6) is -0.616. The Morgan fingerprint density at radius 3 is 2.62 bits per heavy atom. The quantitative estimate of drug-likeness (QED) is 0.840. The second-order valence-corrected chi connectivity index (χ2v) is 5.94. The van der Waals surface area contributed by atoms with Gasteiger partial charge >= 0.3 is 0 Å². The molecule has 108 valence electrons. The van der Waals surface area contributed by atoms with Crippen LogP contribution in [0, 0.1) is 11.6 Å². The minimum Gasteiger partial charge on any atom is -0.322 e. The molecule has 1 heterocycles. The number of carbonyl (C=O) groups is 1. The van der Waals surface area contributed by atoms with Gasteiger partial charge in [-0.15, -0.1) is 11.8 Å². The molecule has 0 radical (unpaired) electrons. The van der Waals surface area contributed by atoms with Crippen LogP contribution < -0.4 is 0 Å². The van der Waals surface area contributed by atoms with Crippen molar-refractivity contribution < 1.29 is 13.6 Å². The first-order chi connectivity index (χ1) is 10.2. The lowest BCUT2D eigenvalue weighted by Gasteiger charge is -2.24. The molecule has 3 rings (SSSR count). The van der Waals surface area contributed by atoms with Crippen molar-refractivity contribution in [2.24, 2.45) is 0 Å². The van der Waals surface area contributed by atoms with Crippen LogP contribution in [0.5, 0.6) is 0 Å². The maximum absolute atomic E-state index is 14.0. The SMILES string of the molecule is O=C(c1ccccc1)N1CCS[C@@H]1c1ccc(F)cc1F. The van der Waals surface area contributed by atoms with Crippen molar-refractivity contribution in [3.05, 3.63) is 71.3 Å². The summed E-state index contributed by atoms with van der Waals surface area (Å²) in [5, 5.41) is -0.404. The van der Waals surface area contributed by atoms with E-state index in [1.807, 2.05) is 6.07 Å². The van der Waals surface area contributed by atoms with E-state index in [4.69, 9.17) is 0 Å². The monoisotopic (exact) mass is 305 g/mol. The van der Waals surface area contributed by atoms with E-state index in [-0.39, 0.29) is 5.91 Å². The highest BCUT2D eigenvalue weighted by Gasteiger charge is 2.32. The fraction of sp³-hybridized carbons (Fsp3) is 0.188. The summed E-state index contributed by atoms with van der Waals surface area (Å²) in [6, 6.07) is 12.4. The van der Waals surface area contributed by atoms with Gasteiger partial charge in [0, 0.05) is 29.5 Å². The van der Waals surface area contributed by atoms with E-state index in [9.17, 15) is 13.6 Å². The van der Waals surface area contributed by atoms with Crippen molar-refractivity contribution in [3.8, 4) is 0 Å². The highest BCUT2D eigenvalue weighted by atomic mass is 32.2. The molecule has 0 N–H and O–H groups in total. The molecule has 1 atom stereocenters. The fourth-order valence-corrected chi connectivity index (χ4v) is 3.66. The van der Waals surface area contributed by atoms with Crippen molar-refractivity contribution in [2.75, 3.05) is 12.3 Å². The van der Waals surface area contributed by atoms with Gasteiger partial charge in [0.15, 0.2) is 0 Å². The Kier molecular flexibility index (Phi) is 3.92. The van der Waals surface area contributed by atoms with E-state index in [2.05, 4.69) is 0 Å². The smallest absolute Gasteiger partial charge is 0.255 e. The molecule has 0 aromatic heterocycles. The topological polar surface area (TPSA) is 20.3 Å². The van der Waals surface area contributed by atoms with Crippen LogP contribution in [-0.2, 0) is 0 Å². The Labute approximate surface area is 125 Å². The van der Waals surface area contributed by atoms with Gasteiger partial charge < -0.3 is 4.90 Å². The van der Waals surface area contributed by atoms with Gasteiger partial charge in [0.2, 0.25) is 0 Å². The van der Waals surface area contributed by atoms with E-state index in [1.165, 1.54) is 23.9 Å².